The molecule has 4 heteroatoms. The number of hydrogen-bond donors (Lipinski definition) is 1. The Morgan fingerprint density at radius 1 is 1.53 bits per heavy atom. The molecule has 0 bridgehead atoms. The number of hydrogen-bond acceptors (Lipinski definition) is 3. The number of nitrogens with one attached hydrogen (secondary N) is 1. The van der Waals surface area contributed by atoms with Gasteiger partial charge in [0.15, 0.2) is 0 Å². The summed E-state index contributed by atoms with van der Waals surface area (Å²) in [5.41, 5.74) is 1.44. The van der Waals surface area contributed by atoms with Gasteiger partial charge in [-0.2, -0.15) is 0 Å². The summed E-state index contributed by atoms with van der Waals surface area (Å²) in [5.74, 6) is 1.05. The fraction of sp³-hybridized carbons (Fsp3) is 0.667. The molecule has 2 heterocycles. The zero-order chi connectivity index (χ0) is 13.2. The van der Waals surface area contributed by atoms with Gasteiger partial charge in [0.2, 0.25) is 5.91 Å². The van der Waals surface area contributed by atoms with Crippen molar-refractivity contribution in [2.24, 2.45) is 5.92 Å². The molecule has 1 atom stereocenters. The van der Waals surface area contributed by atoms with E-state index < -0.39 is 0 Å². The van der Waals surface area contributed by atoms with Gasteiger partial charge in [-0.3, -0.25) is 4.79 Å². The van der Waals surface area contributed by atoms with E-state index in [0.717, 1.165) is 32.0 Å². The first-order chi connectivity index (χ1) is 9.31. The highest BCUT2D eigenvalue weighted by Gasteiger charge is 2.41. The second kappa shape index (κ2) is 5.63. The second-order valence-corrected chi connectivity index (χ2v) is 6.52. The van der Waals surface area contributed by atoms with E-state index in [0.29, 0.717) is 18.4 Å². The summed E-state index contributed by atoms with van der Waals surface area (Å²) >= 11 is 1.86. The Hall–Kier alpha value is -0.870. The van der Waals surface area contributed by atoms with Gasteiger partial charge < -0.3 is 10.2 Å². The van der Waals surface area contributed by atoms with Gasteiger partial charge in [0.05, 0.1) is 6.04 Å². The fourth-order valence-electron chi connectivity index (χ4n) is 3.06. The average Bonchev–Trinajstić information content (AvgIpc) is 3.14. The van der Waals surface area contributed by atoms with Gasteiger partial charge in [-0.15, -0.1) is 11.3 Å². The van der Waals surface area contributed by atoms with Crippen LogP contribution in [0.15, 0.2) is 11.4 Å². The summed E-state index contributed by atoms with van der Waals surface area (Å²) in [6, 6.07) is 2.62. The molecule has 1 fully saturated rings. The van der Waals surface area contributed by atoms with Crippen LogP contribution >= 0.6 is 11.3 Å². The van der Waals surface area contributed by atoms with Crippen LogP contribution in [0, 0.1) is 5.92 Å². The molecule has 104 valence electrons. The molecule has 0 radical (unpaired) electrons. The minimum absolute atomic E-state index is 0.328. The summed E-state index contributed by atoms with van der Waals surface area (Å²) in [6.07, 6.45) is 4.26. The van der Waals surface area contributed by atoms with E-state index in [1.165, 1.54) is 23.3 Å². The number of nitrogens with zero attached hydrogens (tertiary/aromatic N) is 1. The zero-order valence-corrected chi connectivity index (χ0v) is 12.3. The molecule has 3 nitrogen and oxygen atoms in total. The summed E-state index contributed by atoms with van der Waals surface area (Å²) in [6.45, 7) is 4.74. The van der Waals surface area contributed by atoms with E-state index in [9.17, 15) is 4.79 Å². The summed E-state index contributed by atoms with van der Waals surface area (Å²) in [7, 11) is 0. The van der Waals surface area contributed by atoms with Crippen molar-refractivity contribution < 1.29 is 4.79 Å². The van der Waals surface area contributed by atoms with Gasteiger partial charge in [0.25, 0.3) is 0 Å². The SMILES string of the molecule is CCNCCC(=O)N1CCc2sccc2C1C1CC1. The molecule has 0 aromatic carbocycles. The van der Waals surface area contributed by atoms with E-state index >= 15 is 0 Å². The van der Waals surface area contributed by atoms with Crippen molar-refractivity contribution in [2.75, 3.05) is 19.6 Å². The Morgan fingerprint density at radius 3 is 3.11 bits per heavy atom. The molecule has 1 aromatic rings. The third-order valence-electron chi connectivity index (χ3n) is 4.17. The lowest BCUT2D eigenvalue weighted by atomic mass is 9.95. The molecule has 1 aromatic heterocycles. The molecule has 1 aliphatic heterocycles. The molecule has 1 aliphatic carbocycles. The first-order valence-corrected chi connectivity index (χ1v) is 8.25. The van der Waals surface area contributed by atoms with Crippen molar-refractivity contribution in [1.29, 1.82) is 0 Å². The highest BCUT2D eigenvalue weighted by molar-refractivity contribution is 7.10. The lowest BCUT2D eigenvalue weighted by Gasteiger charge is -2.36. The van der Waals surface area contributed by atoms with Crippen molar-refractivity contribution in [2.45, 2.75) is 38.6 Å². The van der Waals surface area contributed by atoms with Gasteiger partial charge >= 0.3 is 0 Å². The molecular weight excluding hydrogens is 256 g/mol. The number of carbonyl (C=O) groups is 1. The summed E-state index contributed by atoms with van der Waals surface area (Å²) in [4.78, 5) is 16.1. The van der Waals surface area contributed by atoms with Crippen molar-refractivity contribution in [3.8, 4) is 0 Å². The molecule has 1 amide bonds. The molecule has 0 saturated heterocycles. The largest absolute Gasteiger partial charge is 0.335 e. The van der Waals surface area contributed by atoms with Crippen LogP contribution in [0.3, 0.4) is 0 Å². The predicted octanol–water partition coefficient (Wildman–Crippen LogP) is 2.58. The molecule has 1 unspecified atom stereocenters. The lowest BCUT2D eigenvalue weighted by Crippen LogP contribution is -2.41. The first kappa shape index (κ1) is 13.1. The second-order valence-electron chi connectivity index (χ2n) is 5.52. The van der Waals surface area contributed by atoms with Crippen LogP contribution in [0.4, 0.5) is 0 Å². The van der Waals surface area contributed by atoms with Crippen molar-refractivity contribution in [3.05, 3.63) is 21.9 Å². The normalized spacial score (nSPS) is 22.4. The van der Waals surface area contributed by atoms with Gasteiger partial charge in [0.1, 0.15) is 0 Å². The number of amides is 1. The van der Waals surface area contributed by atoms with Crippen LogP contribution in [-0.4, -0.2) is 30.4 Å². The van der Waals surface area contributed by atoms with E-state index in [1.54, 1.807) is 0 Å². The van der Waals surface area contributed by atoms with Crippen LogP contribution in [0.2, 0.25) is 0 Å². The minimum atomic E-state index is 0.328. The van der Waals surface area contributed by atoms with Gasteiger partial charge in [-0.05, 0) is 48.7 Å². The predicted molar refractivity (Wildman–Crippen MR) is 78.4 cm³/mol. The first-order valence-electron chi connectivity index (χ1n) is 7.37. The highest BCUT2D eigenvalue weighted by atomic mass is 32.1. The van der Waals surface area contributed by atoms with Gasteiger partial charge in [-0.1, -0.05) is 6.92 Å². The van der Waals surface area contributed by atoms with Crippen molar-refractivity contribution in [1.82, 2.24) is 10.2 Å². The number of rotatable bonds is 5. The third kappa shape index (κ3) is 2.70. The maximum absolute atomic E-state index is 12.4. The smallest absolute Gasteiger partial charge is 0.224 e. The molecule has 19 heavy (non-hydrogen) atoms. The molecule has 0 spiro atoms. The highest BCUT2D eigenvalue weighted by Crippen LogP contribution is 2.48. The Kier molecular flexibility index (Phi) is 3.89. The number of carbonyl (C=O) groups excluding carboxylic acids is 1. The Balaban J connectivity index is 1.72. The topological polar surface area (TPSA) is 32.3 Å². The number of thiophene rings is 1. The fourth-order valence-corrected chi connectivity index (χ4v) is 3.98. The van der Waals surface area contributed by atoms with E-state index in [2.05, 4.69) is 28.6 Å². The van der Waals surface area contributed by atoms with E-state index in [-0.39, 0.29) is 0 Å². The van der Waals surface area contributed by atoms with Gasteiger partial charge in [-0.25, -0.2) is 0 Å². The maximum atomic E-state index is 12.4. The van der Waals surface area contributed by atoms with E-state index in [4.69, 9.17) is 0 Å². The maximum Gasteiger partial charge on any atom is 0.224 e. The van der Waals surface area contributed by atoms with Gasteiger partial charge in [0, 0.05) is 24.4 Å². The van der Waals surface area contributed by atoms with Crippen LogP contribution in [-0.2, 0) is 11.2 Å². The molecule has 1 saturated carbocycles. The Morgan fingerprint density at radius 2 is 2.37 bits per heavy atom. The molecule has 3 rings (SSSR count). The Bertz CT molecular complexity index is 453. The number of fused-ring (bicyclic) bond motifs is 1. The van der Waals surface area contributed by atoms with Crippen molar-refractivity contribution >= 4 is 17.2 Å². The zero-order valence-electron chi connectivity index (χ0n) is 11.5. The van der Waals surface area contributed by atoms with Crippen LogP contribution in [0.25, 0.3) is 0 Å². The summed E-state index contributed by atoms with van der Waals surface area (Å²) in [5, 5.41) is 5.43. The van der Waals surface area contributed by atoms with Crippen LogP contribution < -0.4 is 5.32 Å². The molecule has 2 aliphatic rings. The summed E-state index contributed by atoms with van der Waals surface area (Å²) < 4.78 is 0. The lowest BCUT2D eigenvalue weighted by molar-refractivity contribution is -0.134. The van der Waals surface area contributed by atoms with E-state index in [1.807, 2.05) is 11.3 Å². The van der Waals surface area contributed by atoms with Crippen molar-refractivity contribution in [3.63, 3.8) is 0 Å². The molecular formula is C15H22N2OS. The Labute approximate surface area is 119 Å². The van der Waals surface area contributed by atoms with Crippen LogP contribution in [0.5, 0.6) is 0 Å². The third-order valence-corrected chi connectivity index (χ3v) is 5.17. The minimum Gasteiger partial charge on any atom is -0.335 e. The monoisotopic (exact) mass is 278 g/mol. The van der Waals surface area contributed by atoms with Crippen LogP contribution in [0.1, 0.15) is 42.7 Å². The molecule has 1 N–H and O–H groups in total. The standard InChI is InChI=1S/C15H22N2OS/c1-2-16-8-5-14(18)17-9-6-13-12(7-10-19-13)15(17)11-3-4-11/h7,10-11,15-16H,2-6,8-9H2,1H3. The average molecular weight is 278 g/mol. The quantitative estimate of drug-likeness (QED) is 0.840.